The number of carbonyl (C=O) groups excluding carboxylic acids is 1. The lowest BCUT2D eigenvalue weighted by molar-refractivity contribution is -0.130. The largest absolute Gasteiger partial charge is 0.388 e. The summed E-state index contributed by atoms with van der Waals surface area (Å²) in [6.07, 6.45) is -1.39. The number of carbonyl (C=O) groups is 1. The van der Waals surface area contributed by atoms with E-state index in [0.717, 1.165) is 17.0 Å². The maximum Gasteiger partial charge on any atom is 0.227 e. The van der Waals surface area contributed by atoms with E-state index in [4.69, 9.17) is 0 Å². The van der Waals surface area contributed by atoms with Gasteiger partial charge in [0.25, 0.3) is 0 Å². The Morgan fingerprint density at radius 2 is 1.89 bits per heavy atom. The van der Waals surface area contributed by atoms with Crippen LogP contribution in [0.1, 0.15) is 17.0 Å². The number of aryl methyl sites for hydroxylation is 2. The minimum absolute atomic E-state index is 0.0789. The SMILES string of the molecule is Cc1nn(C)c(C)c1CC(=O)N1CC(O)C(O)C1. The van der Waals surface area contributed by atoms with Crippen molar-refractivity contribution in [2.24, 2.45) is 7.05 Å². The Labute approximate surface area is 106 Å². The quantitative estimate of drug-likeness (QED) is 0.719. The van der Waals surface area contributed by atoms with Gasteiger partial charge in [-0.1, -0.05) is 0 Å². The van der Waals surface area contributed by atoms with Gasteiger partial charge in [-0.3, -0.25) is 9.48 Å². The molecular formula is C12H19N3O3. The maximum absolute atomic E-state index is 12.1. The van der Waals surface area contributed by atoms with Crippen molar-refractivity contribution in [3.05, 3.63) is 17.0 Å². The fourth-order valence-electron chi connectivity index (χ4n) is 2.31. The Morgan fingerprint density at radius 1 is 1.33 bits per heavy atom. The van der Waals surface area contributed by atoms with Crippen molar-refractivity contribution in [3.63, 3.8) is 0 Å². The molecule has 2 rings (SSSR count). The van der Waals surface area contributed by atoms with Crippen LogP contribution in [0.15, 0.2) is 0 Å². The van der Waals surface area contributed by atoms with Crippen molar-refractivity contribution in [1.29, 1.82) is 0 Å². The van der Waals surface area contributed by atoms with Gasteiger partial charge < -0.3 is 15.1 Å². The van der Waals surface area contributed by atoms with Gasteiger partial charge in [0.2, 0.25) is 5.91 Å². The predicted octanol–water partition coefficient (Wildman–Crippen LogP) is -0.857. The van der Waals surface area contributed by atoms with Gasteiger partial charge in [0.05, 0.1) is 24.3 Å². The van der Waals surface area contributed by atoms with Crippen molar-refractivity contribution in [1.82, 2.24) is 14.7 Å². The second kappa shape index (κ2) is 4.70. The Kier molecular flexibility index (Phi) is 3.41. The second-order valence-corrected chi connectivity index (χ2v) is 4.88. The van der Waals surface area contributed by atoms with Crippen LogP contribution >= 0.6 is 0 Å². The monoisotopic (exact) mass is 253 g/mol. The lowest BCUT2D eigenvalue weighted by atomic mass is 10.1. The van der Waals surface area contributed by atoms with E-state index in [1.165, 1.54) is 4.90 Å². The van der Waals surface area contributed by atoms with Crippen LogP contribution in [0.5, 0.6) is 0 Å². The molecule has 1 aromatic rings. The van der Waals surface area contributed by atoms with Gasteiger partial charge >= 0.3 is 0 Å². The summed E-state index contributed by atoms with van der Waals surface area (Å²) in [5.74, 6) is -0.0789. The Hall–Kier alpha value is -1.40. The van der Waals surface area contributed by atoms with Crippen molar-refractivity contribution in [2.75, 3.05) is 13.1 Å². The van der Waals surface area contributed by atoms with E-state index in [0.29, 0.717) is 0 Å². The molecule has 2 atom stereocenters. The number of aliphatic hydroxyl groups excluding tert-OH is 2. The summed E-state index contributed by atoms with van der Waals surface area (Å²) in [6.45, 7) is 4.22. The van der Waals surface area contributed by atoms with Crippen LogP contribution in [0.3, 0.4) is 0 Å². The van der Waals surface area contributed by atoms with Crippen molar-refractivity contribution in [3.8, 4) is 0 Å². The van der Waals surface area contributed by atoms with Crippen LogP contribution < -0.4 is 0 Å². The van der Waals surface area contributed by atoms with Crippen LogP contribution in [-0.4, -0.2) is 56.1 Å². The van der Waals surface area contributed by atoms with E-state index in [9.17, 15) is 15.0 Å². The number of rotatable bonds is 2. The summed E-state index contributed by atoms with van der Waals surface area (Å²) >= 11 is 0. The number of aromatic nitrogens is 2. The third-order valence-corrected chi connectivity index (χ3v) is 3.60. The third kappa shape index (κ3) is 2.26. The molecular weight excluding hydrogens is 234 g/mol. The first-order chi connectivity index (χ1) is 8.40. The van der Waals surface area contributed by atoms with E-state index in [-0.39, 0.29) is 25.4 Å². The van der Waals surface area contributed by atoms with Crippen molar-refractivity contribution in [2.45, 2.75) is 32.5 Å². The zero-order valence-electron chi connectivity index (χ0n) is 10.9. The van der Waals surface area contributed by atoms with Crippen LogP contribution in [0, 0.1) is 13.8 Å². The van der Waals surface area contributed by atoms with Crippen molar-refractivity contribution >= 4 is 5.91 Å². The third-order valence-electron chi connectivity index (χ3n) is 3.60. The van der Waals surface area contributed by atoms with Gasteiger partial charge in [-0.2, -0.15) is 5.10 Å². The van der Waals surface area contributed by atoms with Crippen LogP contribution in [0.25, 0.3) is 0 Å². The normalized spacial score (nSPS) is 23.7. The van der Waals surface area contributed by atoms with Crippen LogP contribution in [-0.2, 0) is 18.3 Å². The van der Waals surface area contributed by atoms with Crippen LogP contribution in [0.4, 0.5) is 0 Å². The number of amides is 1. The van der Waals surface area contributed by atoms with E-state index in [1.807, 2.05) is 20.9 Å². The molecule has 0 aliphatic carbocycles. The zero-order valence-corrected chi connectivity index (χ0v) is 10.9. The molecule has 0 aromatic carbocycles. The number of aliphatic hydroxyl groups is 2. The van der Waals surface area contributed by atoms with Gasteiger partial charge in [0.1, 0.15) is 0 Å². The molecule has 0 spiro atoms. The highest BCUT2D eigenvalue weighted by Crippen LogP contribution is 2.16. The molecule has 18 heavy (non-hydrogen) atoms. The number of nitrogens with zero attached hydrogens (tertiary/aromatic N) is 3. The summed E-state index contributed by atoms with van der Waals surface area (Å²) in [7, 11) is 1.85. The average Bonchev–Trinajstić information content (AvgIpc) is 2.75. The van der Waals surface area contributed by atoms with Gasteiger partial charge in [0, 0.05) is 31.4 Å². The molecule has 1 aromatic heterocycles. The molecule has 0 bridgehead atoms. The summed E-state index contributed by atoms with van der Waals surface area (Å²) in [5, 5.41) is 23.1. The molecule has 2 heterocycles. The Bertz CT molecular complexity index is 459. The van der Waals surface area contributed by atoms with Crippen LogP contribution in [0.2, 0.25) is 0 Å². The minimum Gasteiger partial charge on any atom is -0.388 e. The molecule has 1 amide bonds. The first-order valence-corrected chi connectivity index (χ1v) is 6.03. The summed E-state index contributed by atoms with van der Waals surface area (Å²) in [6, 6.07) is 0. The average molecular weight is 253 g/mol. The van der Waals surface area contributed by atoms with E-state index < -0.39 is 12.2 Å². The topological polar surface area (TPSA) is 78.6 Å². The zero-order chi connectivity index (χ0) is 13.4. The fourth-order valence-corrected chi connectivity index (χ4v) is 2.31. The number of likely N-dealkylation sites (tertiary alicyclic amines) is 1. The molecule has 1 aliphatic heterocycles. The Morgan fingerprint density at radius 3 is 2.33 bits per heavy atom. The first-order valence-electron chi connectivity index (χ1n) is 6.03. The lowest BCUT2D eigenvalue weighted by Crippen LogP contribution is -2.31. The molecule has 6 nitrogen and oxygen atoms in total. The van der Waals surface area contributed by atoms with E-state index in [2.05, 4.69) is 5.10 Å². The molecule has 1 fully saturated rings. The minimum atomic E-state index is -0.829. The maximum atomic E-state index is 12.1. The first kappa shape index (κ1) is 13.0. The molecule has 2 N–H and O–H groups in total. The van der Waals surface area contributed by atoms with Gasteiger partial charge in [-0.05, 0) is 13.8 Å². The standard InChI is InChI=1S/C12H19N3O3/c1-7-9(8(2)14(3)13-7)4-12(18)15-5-10(16)11(17)6-15/h10-11,16-17H,4-6H2,1-3H3. The highest BCUT2D eigenvalue weighted by Gasteiger charge is 2.32. The highest BCUT2D eigenvalue weighted by molar-refractivity contribution is 5.79. The van der Waals surface area contributed by atoms with Gasteiger partial charge in [0.15, 0.2) is 0 Å². The smallest absolute Gasteiger partial charge is 0.227 e. The second-order valence-electron chi connectivity index (χ2n) is 4.88. The molecule has 1 saturated heterocycles. The number of hydrogen-bond donors (Lipinski definition) is 2. The summed E-state index contributed by atoms with van der Waals surface area (Å²) in [5.41, 5.74) is 2.75. The Balaban J connectivity index is 2.08. The molecule has 0 saturated carbocycles. The highest BCUT2D eigenvalue weighted by atomic mass is 16.3. The summed E-state index contributed by atoms with van der Waals surface area (Å²) < 4.78 is 1.76. The number of hydrogen-bond acceptors (Lipinski definition) is 4. The molecule has 0 radical (unpaired) electrons. The van der Waals surface area contributed by atoms with Gasteiger partial charge in [-0.15, -0.1) is 0 Å². The van der Waals surface area contributed by atoms with Gasteiger partial charge in [-0.25, -0.2) is 0 Å². The molecule has 2 unspecified atom stereocenters. The molecule has 1 aliphatic rings. The van der Waals surface area contributed by atoms with E-state index >= 15 is 0 Å². The number of β-amino-alcohol motifs (C(OH)–C–C–N with tert-alkyl or cyclic N) is 2. The van der Waals surface area contributed by atoms with Crippen molar-refractivity contribution < 1.29 is 15.0 Å². The van der Waals surface area contributed by atoms with E-state index in [1.54, 1.807) is 4.68 Å². The molecule has 100 valence electrons. The summed E-state index contributed by atoms with van der Waals surface area (Å²) in [4.78, 5) is 13.6. The lowest BCUT2D eigenvalue weighted by Gasteiger charge is -2.15. The molecule has 6 heteroatoms. The fraction of sp³-hybridized carbons (Fsp3) is 0.667. The predicted molar refractivity (Wildman–Crippen MR) is 65.0 cm³/mol.